The Morgan fingerprint density at radius 1 is 1.33 bits per heavy atom. The third-order valence-corrected chi connectivity index (χ3v) is 2.54. The van der Waals surface area contributed by atoms with E-state index >= 15 is 0 Å². The summed E-state index contributed by atoms with van der Waals surface area (Å²) >= 11 is 0. The molecule has 2 N–H and O–H groups in total. The van der Waals surface area contributed by atoms with Gasteiger partial charge >= 0.3 is 0 Å². The van der Waals surface area contributed by atoms with Crippen LogP contribution < -0.4 is 15.4 Å². The lowest BCUT2D eigenvalue weighted by Gasteiger charge is -2.14. The van der Waals surface area contributed by atoms with Gasteiger partial charge in [-0.2, -0.15) is 0 Å². The first kappa shape index (κ1) is 14.5. The molecule has 0 aliphatic heterocycles. The quantitative estimate of drug-likeness (QED) is 0.808. The van der Waals surface area contributed by atoms with Gasteiger partial charge in [-0.25, -0.2) is 0 Å². The number of nitrogens with one attached hydrogen (secondary N) is 2. The zero-order valence-electron chi connectivity index (χ0n) is 11.5. The lowest BCUT2D eigenvalue weighted by atomic mass is 10.2. The molecule has 100 valence electrons. The van der Waals surface area contributed by atoms with Gasteiger partial charge in [0.15, 0.2) is 6.10 Å². The van der Waals surface area contributed by atoms with Crippen LogP contribution in [0.25, 0.3) is 0 Å². The maximum absolute atomic E-state index is 11.4. The van der Waals surface area contributed by atoms with E-state index in [1.165, 1.54) is 0 Å². The Hall–Kier alpha value is -1.55. The summed E-state index contributed by atoms with van der Waals surface area (Å²) in [6.45, 7) is 6.74. The molecule has 1 amide bonds. The molecule has 0 fully saturated rings. The topological polar surface area (TPSA) is 50.4 Å². The fraction of sp³-hybridized carbons (Fsp3) is 0.500. The van der Waals surface area contributed by atoms with Crippen LogP contribution in [-0.2, 0) is 11.3 Å². The van der Waals surface area contributed by atoms with Crippen LogP contribution in [0.5, 0.6) is 5.75 Å². The third-order valence-electron chi connectivity index (χ3n) is 2.54. The molecule has 4 nitrogen and oxygen atoms in total. The molecule has 0 radical (unpaired) electrons. The molecule has 0 saturated carbocycles. The molecule has 0 heterocycles. The minimum atomic E-state index is -0.483. The number of benzene rings is 1. The second-order valence-electron chi connectivity index (χ2n) is 4.56. The van der Waals surface area contributed by atoms with Gasteiger partial charge in [-0.1, -0.05) is 26.0 Å². The van der Waals surface area contributed by atoms with Crippen molar-refractivity contribution in [1.29, 1.82) is 0 Å². The fourth-order valence-corrected chi connectivity index (χ4v) is 1.51. The van der Waals surface area contributed by atoms with E-state index in [9.17, 15) is 4.79 Å². The zero-order chi connectivity index (χ0) is 13.5. The average molecular weight is 250 g/mol. The minimum absolute atomic E-state index is 0.124. The highest BCUT2D eigenvalue weighted by Gasteiger charge is 2.12. The molecule has 4 heteroatoms. The van der Waals surface area contributed by atoms with E-state index in [1.807, 2.05) is 24.3 Å². The highest BCUT2D eigenvalue weighted by molar-refractivity contribution is 5.80. The van der Waals surface area contributed by atoms with E-state index in [-0.39, 0.29) is 5.91 Å². The van der Waals surface area contributed by atoms with Gasteiger partial charge < -0.3 is 15.4 Å². The maximum atomic E-state index is 11.4. The Morgan fingerprint density at radius 3 is 2.67 bits per heavy atom. The van der Waals surface area contributed by atoms with Crippen molar-refractivity contribution in [3.63, 3.8) is 0 Å². The number of hydrogen-bond acceptors (Lipinski definition) is 3. The highest BCUT2D eigenvalue weighted by Crippen LogP contribution is 2.15. The summed E-state index contributed by atoms with van der Waals surface area (Å²) in [7, 11) is 1.60. The number of carbonyl (C=O) groups excluding carboxylic acids is 1. The van der Waals surface area contributed by atoms with Crippen LogP contribution in [0.3, 0.4) is 0 Å². The Labute approximate surface area is 109 Å². The van der Waals surface area contributed by atoms with E-state index in [0.29, 0.717) is 11.8 Å². The molecule has 0 spiro atoms. The first-order valence-corrected chi connectivity index (χ1v) is 6.23. The van der Waals surface area contributed by atoms with Crippen LogP contribution in [0.1, 0.15) is 26.3 Å². The first-order valence-electron chi connectivity index (χ1n) is 6.23. The first-order chi connectivity index (χ1) is 8.52. The number of hydrogen-bond donors (Lipinski definition) is 2. The molecule has 0 aliphatic carbocycles. The van der Waals surface area contributed by atoms with E-state index in [4.69, 9.17) is 4.74 Å². The monoisotopic (exact) mass is 250 g/mol. The van der Waals surface area contributed by atoms with Crippen LogP contribution in [0.2, 0.25) is 0 Å². The Kier molecular flexibility index (Phi) is 5.65. The summed E-state index contributed by atoms with van der Waals surface area (Å²) < 4.78 is 5.57. The normalized spacial score (nSPS) is 12.3. The third kappa shape index (κ3) is 4.75. The number of amides is 1. The molecule has 18 heavy (non-hydrogen) atoms. The number of rotatable bonds is 6. The van der Waals surface area contributed by atoms with Gasteiger partial charge in [0, 0.05) is 19.6 Å². The minimum Gasteiger partial charge on any atom is -0.481 e. The highest BCUT2D eigenvalue weighted by atomic mass is 16.5. The van der Waals surface area contributed by atoms with Crippen molar-refractivity contribution in [3.8, 4) is 5.75 Å². The molecule has 1 atom stereocenters. The standard InChI is InChI=1S/C14H22N2O2/c1-10(2)16-9-12-6-5-7-13(8-12)18-11(3)14(17)15-4/h5-8,10-11,16H,9H2,1-4H3,(H,15,17). The lowest BCUT2D eigenvalue weighted by molar-refractivity contribution is -0.126. The molecule has 1 aromatic carbocycles. The number of carbonyl (C=O) groups is 1. The Bertz CT molecular complexity index is 391. The molecular weight excluding hydrogens is 228 g/mol. The second-order valence-corrected chi connectivity index (χ2v) is 4.56. The van der Waals surface area contributed by atoms with E-state index in [1.54, 1.807) is 14.0 Å². The van der Waals surface area contributed by atoms with Crippen LogP contribution in [0.15, 0.2) is 24.3 Å². The number of ether oxygens (including phenoxy) is 1. The Balaban J connectivity index is 2.61. The van der Waals surface area contributed by atoms with Crippen molar-refractivity contribution in [2.24, 2.45) is 0 Å². The van der Waals surface area contributed by atoms with Crippen molar-refractivity contribution in [2.75, 3.05) is 7.05 Å². The number of likely N-dealkylation sites (N-methyl/N-ethyl adjacent to an activating group) is 1. The van der Waals surface area contributed by atoms with E-state index in [2.05, 4.69) is 24.5 Å². The summed E-state index contributed by atoms with van der Waals surface area (Å²) in [6, 6.07) is 8.22. The average Bonchev–Trinajstić information content (AvgIpc) is 2.35. The predicted molar refractivity (Wildman–Crippen MR) is 72.6 cm³/mol. The fourth-order valence-electron chi connectivity index (χ4n) is 1.51. The second kappa shape index (κ2) is 7.01. The largest absolute Gasteiger partial charge is 0.481 e. The molecule has 0 aliphatic rings. The molecule has 0 saturated heterocycles. The lowest BCUT2D eigenvalue weighted by Crippen LogP contribution is -2.33. The van der Waals surface area contributed by atoms with Crippen molar-refractivity contribution in [2.45, 2.75) is 39.5 Å². The smallest absolute Gasteiger partial charge is 0.260 e. The van der Waals surface area contributed by atoms with Gasteiger partial charge in [-0.05, 0) is 24.6 Å². The van der Waals surface area contributed by atoms with Gasteiger partial charge in [0.2, 0.25) is 0 Å². The molecule has 0 bridgehead atoms. The van der Waals surface area contributed by atoms with Gasteiger partial charge in [-0.15, -0.1) is 0 Å². The van der Waals surface area contributed by atoms with Crippen molar-refractivity contribution < 1.29 is 9.53 Å². The molecule has 1 rings (SSSR count). The van der Waals surface area contributed by atoms with Crippen molar-refractivity contribution >= 4 is 5.91 Å². The van der Waals surface area contributed by atoms with Gasteiger partial charge in [0.1, 0.15) is 5.75 Å². The van der Waals surface area contributed by atoms with Crippen LogP contribution in [-0.4, -0.2) is 25.1 Å². The summed E-state index contributed by atoms with van der Waals surface area (Å²) in [4.78, 5) is 11.4. The molecule has 1 aromatic rings. The van der Waals surface area contributed by atoms with Crippen LogP contribution in [0.4, 0.5) is 0 Å². The summed E-state index contributed by atoms with van der Waals surface area (Å²) in [6.07, 6.45) is -0.483. The van der Waals surface area contributed by atoms with Crippen molar-refractivity contribution in [3.05, 3.63) is 29.8 Å². The molecular formula is C14H22N2O2. The molecule has 0 aromatic heterocycles. The zero-order valence-corrected chi connectivity index (χ0v) is 11.5. The molecule has 1 unspecified atom stereocenters. The van der Waals surface area contributed by atoms with Gasteiger partial charge in [-0.3, -0.25) is 4.79 Å². The van der Waals surface area contributed by atoms with E-state index in [0.717, 1.165) is 12.1 Å². The predicted octanol–water partition coefficient (Wildman–Crippen LogP) is 1.70. The van der Waals surface area contributed by atoms with Gasteiger partial charge in [0.25, 0.3) is 5.91 Å². The van der Waals surface area contributed by atoms with Gasteiger partial charge in [0.05, 0.1) is 0 Å². The van der Waals surface area contributed by atoms with E-state index < -0.39 is 6.10 Å². The summed E-state index contributed by atoms with van der Waals surface area (Å²) in [5.74, 6) is 0.592. The van der Waals surface area contributed by atoms with Crippen LogP contribution >= 0.6 is 0 Å². The summed E-state index contributed by atoms with van der Waals surface area (Å²) in [5, 5.41) is 5.90. The summed E-state index contributed by atoms with van der Waals surface area (Å²) in [5.41, 5.74) is 1.14. The Morgan fingerprint density at radius 2 is 2.06 bits per heavy atom. The SMILES string of the molecule is CNC(=O)C(C)Oc1cccc(CNC(C)C)c1. The maximum Gasteiger partial charge on any atom is 0.260 e. The van der Waals surface area contributed by atoms with Crippen LogP contribution in [0, 0.1) is 0 Å². The van der Waals surface area contributed by atoms with Crippen molar-refractivity contribution in [1.82, 2.24) is 10.6 Å².